The summed E-state index contributed by atoms with van der Waals surface area (Å²) in [4.78, 5) is 30.2. The van der Waals surface area contributed by atoms with E-state index in [0.29, 0.717) is 12.2 Å². The van der Waals surface area contributed by atoms with Gasteiger partial charge in [0.2, 0.25) is 0 Å². The highest BCUT2D eigenvalue weighted by Gasteiger charge is 2.30. The molecule has 21 heavy (non-hydrogen) atoms. The Balaban J connectivity index is 1.74. The Labute approximate surface area is 128 Å². The van der Waals surface area contributed by atoms with Gasteiger partial charge in [-0.05, 0) is 11.4 Å². The summed E-state index contributed by atoms with van der Waals surface area (Å²) < 4.78 is 5.11. The Morgan fingerprint density at radius 2 is 2.29 bits per heavy atom. The van der Waals surface area contributed by atoms with Crippen molar-refractivity contribution in [2.24, 2.45) is 0 Å². The van der Waals surface area contributed by atoms with Crippen molar-refractivity contribution in [3.05, 3.63) is 28.6 Å². The maximum Gasteiger partial charge on any atom is 0.334 e. The SMILES string of the molecule is O=C(O)C1CN(C(=O)c2csc(-c3cccs3)n2)CCO1. The molecule has 0 aliphatic carbocycles. The van der Waals surface area contributed by atoms with Crippen molar-refractivity contribution >= 4 is 34.6 Å². The Morgan fingerprint density at radius 3 is 3.00 bits per heavy atom. The molecule has 6 nitrogen and oxygen atoms in total. The first kappa shape index (κ1) is 14.2. The molecule has 8 heteroatoms. The molecule has 1 aliphatic heterocycles. The highest BCUT2D eigenvalue weighted by molar-refractivity contribution is 7.20. The van der Waals surface area contributed by atoms with Gasteiger partial charge >= 0.3 is 5.97 Å². The van der Waals surface area contributed by atoms with Gasteiger partial charge in [0.25, 0.3) is 5.91 Å². The number of aliphatic carboxylic acids is 1. The molecule has 2 aromatic heterocycles. The van der Waals surface area contributed by atoms with Gasteiger partial charge in [-0.25, -0.2) is 9.78 Å². The van der Waals surface area contributed by atoms with E-state index in [9.17, 15) is 9.59 Å². The van der Waals surface area contributed by atoms with Gasteiger partial charge in [-0.1, -0.05) is 6.07 Å². The monoisotopic (exact) mass is 324 g/mol. The molecule has 0 bridgehead atoms. The summed E-state index contributed by atoms with van der Waals surface area (Å²) in [6.45, 7) is 0.666. The third-order valence-corrected chi connectivity index (χ3v) is 4.97. The number of carboxylic acid groups (broad SMARTS) is 1. The van der Waals surface area contributed by atoms with Crippen molar-refractivity contribution in [2.45, 2.75) is 6.10 Å². The second-order valence-corrected chi connectivity index (χ2v) is 6.27. The molecule has 1 N–H and O–H groups in total. The van der Waals surface area contributed by atoms with Crippen molar-refractivity contribution < 1.29 is 19.4 Å². The summed E-state index contributed by atoms with van der Waals surface area (Å²) in [5, 5.41) is 13.4. The molecule has 1 saturated heterocycles. The minimum atomic E-state index is -1.05. The van der Waals surface area contributed by atoms with Crippen LogP contribution in [0.15, 0.2) is 22.9 Å². The molecule has 0 aromatic carbocycles. The van der Waals surface area contributed by atoms with Crippen molar-refractivity contribution in [1.82, 2.24) is 9.88 Å². The van der Waals surface area contributed by atoms with E-state index in [1.807, 2.05) is 17.5 Å². The summed E-state index contributed by atoms with van der Waals surface area (Å²) in [7, 11) is 0. The Hall–Kier alpha value is -1.77. The van der Waals surface area contributed by atoms with Gasteiger partial charge in [-0.2, -0.15) is 0 Å². The van der Waals surface area contributed by atoms with Crippen LogP contribution in [0.25, 0.3) is 9.88 Å². The van der Waals surface area contributed by atoms with Crippen LogP contribution in [0.3, 0.4) is 0 Å². The molecule has 0 spiro atoms. The number of morpholine rings is 1. The lowest BCUT2D eigenvalue weighted by Crippen LogP contribution is -2.48. The highest BCUT2D eigenvalue weighted by atomic mass is 32.1. The Morgan fingerprint density at radius 1 is 1.43 bits per heavy atom. The molecule has 1 aliphatic rings. The maximum atomic E-state index is 12.4. The van der Waals surface area contributed by atoms with E-state index in [2.05, 4.69) is 4.98 Å². The molecule has 0 radical (unpaired) electrons. The van der Waals surface area contributed by atoms with E-state index in [-0.39, 0.29) is 19.1 Å². The fourth-order valence-electron chi connectivity index (χ4n) is 2.03. The molecular weight excluding hydrogens is 312 g/mol. The summed E-state index contributed by atoms with van der Waals surface area (Å²) in [6, 6.07) is 3.88. The number of carbonyl (C=O) groups is 2. The minimum Gasteiger partial charge on any atom is -0.479 e. The number of ether oxygens (including phenoxy) is 1. The number of amides is 1. The van der Waals surface area contributed by atoms with E-state index in [0.717, 1.165) is 9.88 Å². The predicted molar refractivity (Wildman–Crippen MR) is 78.7 cm³/mol. The van der Waals surface area contributed by atoms with Crippen molar-refractivity contribution in [3.8, 4) is 9.88 Å². The first-order chi connectivity index (χ1) is 10.1. The fourth-order valence-corrected chi connectivity index (χ4v) is 3.64. The highest BCUT2D eigenvalue weighted by Crippen LogP contribution is 2.28. The molecule has 3 heterocycles. The summed E-state index contributed by atoms with van der Waals surface area (Å²) in [6.07, 6.45) is -0.960. The van der Waals surface area contributed by atoms with Crippen LogP contribution in [0.5, 0.6) is 0 Å². The number of carbonyl (C=O) groups excluding carboxylic acids is 1. The number of nitrogens with zero attached hydrogens (tertiary/aromatic N) is 2. The van der Waals surface area contributed by atoms with Gasteiger partial charge in [0.05, 0.1) is 18.0 Å². The van der Waals surface area contributed by atoms with Crippen LogP contribution < -0.4 is 0 Å². The van der Waals surface area contributed by atoms with Gasteiger partial charge < -0.3 is 14.7 Å². The molecule has 1 unspecified atom stereocenters. The lowest BCUT2D eigenvalue weighted by molar-refractivity contribution is -0.154. The minimum absolute atomic E-state index is 0.0556. The largest absolute Gasteiger partial charge is 0.479 e. The summed E-state index contributed by atoms with van der Waals surface area (Å²) in [5.41, 5.74) is 0.356. The fraction of sp³-hybridized carbons (Fsp3) is 0.308. The lowest BCUT2D eigenvalue weighted by Gasteiger charge is -2.30. The maximum absolute atomic E-state index is 12.4. The summed E-state index contributed by atoms with van der Waals surface area (Å²) >= 11 is 2.98. The zero-order valence-corrected chi connectivity index (χ0v) is 12.5. The average Bonchev–Trinajstić information content (AvgIpc) is 3.17. The first-order valence-electron chi connectivity index (χ1n) is 6.28. The molecule has 3 rings (SSSR count). The molecule has 0 saturated carbocycles. The standard InChI is InChI=1S/C13H12N2O4S2/c16-12(15-3-4-19-9(6-15)13(17)18)8-7-21-11(14-8)10-2-1-5-20-10/h1-2,5,7,9H,3-4,6H2,(H,17,18). The van der Waals surface area contributed by atoms with Gasteiger partial charge in [-0.15, -0.1) is 22.7 Å². The van der Waals surface area contributed by atoms with Crippen LogP contribution in [0, 0.1) is 0 Å². The number of hydrogen-bond acceptors (Lipinski definition) is 6. The topological polar surface area (TPSA) is 79.7 Å². The number of thiophene rings is 1. The number of hydrogen-bond donors (Lipinski definition) is 1. The molecule has 1 atom stereocenters. The average molecular weight is 324 g/mol. The van der Waals surface area contributed by atoms with Crippen LogP contribution in [0.1, 0.15) is 10.5 Å². The van der Waals surface area contributed by atoms with Crippen LogP contribution in [-0.4, -0.2) is 52.7 Å². The molecule has 2 aromatic rings. The van der Waals surface area contributed by atoms with Gasteiger partial charge in [0.1, 0.15) is 10.7 Å². The second-order valence-electron chi connectivity index (χ2n) is 4.46. The van der Waals surface area contributed by atoms with E-state index >= 15 is 0 Å². The third-order valence-electron chi connectivity index (χ3n) is 3.08. The van der Waals surface area contributed by atoms with Crippen LogP contribution in [0.4, 0.5) is 0 Å². The van der Waals surface area contributed by atoms with E-state index in [4.69, 9.17) is 9.84 Å². The molecule has 1 fully saturated rings. The van der Waals surface area contributed by atoms with Crippen molar-refractivity contribution in [2.75, 3.05) is 19.7 Å². The van der Waals surface area contributed by atoms with Crippen molar-refractivity contribution in [1.29, 1.82) is 0 Å². The van der Waals surface area contributed by atoms with Crippen LogP contribution in [0.2, 0.25) is 0 Å². The summed E-state index contributed by atoms with van der Waals surface area (Å²) in [5.74, 6) is -1.30. The van der Waals surface area contributed by atoms with Gasteiger partial charge in [0.15, 0.2) is 6.10 Å². The predicted octanol–water partition coefficient (Wildman–Crippen LogP) is 1.80. The smallest absolute Gasteiger partial charge is 0.334 e. The number of carboxylic acids is 1. The van der Waals surface area contributed by atoms with Gasteiger partial charge in [0, 0.05) is 11.9 Å². The van der Waals surface area contributed by atoms with Gasteiger partial charge in [-0.3, -0.25) is 4.79 Å². The lowest BCUT2D eigenvalue weighted by atomic mass is 10.2. The third kappa shape index (κ3) is 2.97. The molecular formula is C13H12N2O4S2. The molecule has 110 valence electrons. The number of thiazole rings is 1. The van der Waals surface area contributed by atoms with Crippen LogP contribution in [-0.2, 0) is 9.53 Å². The second kappa shape index (κ2) is 5.92. The van der Waals surface area contributed by atoms with E-state index in [1.165, 1.54) is 16.2 Å². The Kier molecular flexibility index (Phi) is 4.00. The van der Waals surface area contributed by atoms with Crippen LogP contribution >= 0.6 is 22.7 Å². The zero-order valence-electron chi connectivity index (χ0n) is 10.9. The normalized spacial score (nSPS) is 18.7. The quantitative estimate of drug-likeness (QED) is 0.931. The first-order valence-corrected chi connectivity index (χ1v) is 8.04. The van der Waals surface area contributed by atoms with E-state index in [1.54, 1.807) is 16.7 Å². The molecule has 1 amide bonds. The Bertz CT molecular complexity index is 653. The van der Waals surface area contributed by atoms with E-state index < -0.39 is 12.1 Å². The zero-order chi connectivity index (χ0) is 14.8. The van der Waals surface area contributed by atoms with Crippen molar-refractivity contribution in [3.63, 3.8) is 0 Å². The number of rotatable bonds is 3. The number of aromatic nitrogens is 1.